The topological polar surface area (TPSA) is 52.4 Å². The van der Waals surface area contributed by atoms with Crippen LogP contribution in [0.2, 0.25) is 0 Å². The first-order valence-electron chi connectivity index (χ1n) is 4.15. The van der Waals surface area contributed by atoms with Crippen molar-refractivity contribution in [3.63, 3.8) is 0 Å². The van der Waals surface area contributed by atoms with Gasteiger partial charge >= 0.3 is 11.9 Å². The number of rotatable bonds is 3. The summed E-state index contributed by atoms with van der Waals surface area (Å²) in [7, 11) is 0. The zero-order valence-electron chi connectivity index (χ0n) is 7.58. The van der Waals surface area contributed by atoms with Crippen molar-refractivity contribution in [2.45, 2.75) is 19.0 Å². The van der Waals surface area contributed by atoms with Gasteiger partial charge in [0, 0.05) is 0 Å². The Morgan fingerprint density at radius 1 is 1.40 bits per heavy atom. The summed E-state index contributed by atoms with van der Waals surface area (Å²) in [6.45, 7) is -1.51. The van der Waals surface area contributed by atoms with Crippen LogP contribution in [0, 0.1) is 10.1 Å². The molecule has 7 heteroatoms. The summed E-state index contributed by atoms with van der Waals surface area (Å²) in [5.74, 6) is -0.302. The largest absolute Gasteiger partial charge is 0.477 e. The highest BCUT2D eigenvalue weighted by Gasteiger charge is 2.31. The average molecular weight is 223 g/mol. The van der Waals surface area contributed by atoms with Crippen molar-refractivity contribution in [2.24, 2.45) is 0 Å². The van der Waals surface area contributed by atoms with Gasteiger partial charge in [0.2, 0.25) is 0 Å². The third-order valence-corrected chi connectivity index (χ3v) is 1.67. The minimum atomic E-state index is -4.49. The molecular weight excluding hydrogens is 215 g/mol. The Labute approximate surface area is 83.2 Å². The smallest absolute Gasteiger partial charge is 0.422 e. The van der Waals surface area contributed by atoms with Gasteiger partial charge in [0.25, 0.3) is 0 Å². The van der Waals surface area contributed by atoms with Crippen LogP contribution in [0.4, 0.5) is 13.2 Å². The van der Waals surface area contributed by atoms with E-state index < -0.39 is 23.4 Å². The summed E-state index contributed by atoms with van der Waals surface area (Å²) >= 11 is 0. The summed E-state index contributed by atoms with van der Waals surface area (Å²) in [5.41, 5.74) is -0.398. The Kier molecular flexibility index (Phi) is 3.33. The molecule has 0 unspecified atom stereocenters. The first-order chi connectivity index (χ1) is 6.90. The molecule has 0 saturated heterocycles. The SMILES string of the molecule is O=[N+]([O-])C1=CCCC=C1OCC(F)(F)F. The Hall–Kier alpha value is -1.53. The number of allylic oxidation sites excluding steroid dienone is 2. The molecule has 0 aromatic heterocycles. The summed E-state index contributed by atoms with van der Waals surface area (Å²) < 4.78 is 39.7. The molecule has 4 nitrogen and oxygen atoms in total. The zero-order chi connectivity index (χ0) is 11.5. The minimum Gasteiger partial charge on any atom is -0.477 e. The first-order valence-corrected chi connectivity index (χ1v) is 4.15. The molecule has 0 radical (unpaired) electrons. The van der Waals surface area contributed by atoms with E-state index in [0.29, 0.717) is 12.8 Å². The van der Waals surface area contributed by atoms with Gasteiger partial charge in [0.05, 0.1) is 4.92 Å². The summed E-state index contributed by atoms with van der Waals surface area (Å²) in [4.78, 5) is 9.68. The van der Waals surface area contributed by atoms with Gasteiger partial charge in [-0.1, -0.05) is 0 Å². The lowest BCUT2D eigenvalue weighted by Gasteiger charge is -2.12. The highest BCUT2D eigenvalue weighted by molar-refractivity contribution is 5.22. The van der Waals surface area contributed by atoms with E-state index in [4.69, 9.17) is 0 Å². The Balaban J connectivity index is 2.64. The van der Waals surface area contributed by atoms with E-state index in [9.17, 15) is 23.3 Å². The fourth-order valence-electron chi connectivity index (χ4n) is 1.10. The number of nitrogens with zero attached hydrogens (tertiary/aromatic N) is 1. The second kappa shape index (κ2) is 4.33. The molecule has 0 aliphatic heterocycles. The fourth-order valence-corrected chi connectivity index (χ4v) is 1.10. The number of nitro groups is 1. The quantitative estimate of drug-likeness (QED) is 0.545. The number of halogens is 3. The molecule has 0 amide bonds. The highest BCUT2D eigenvalue weighted by Crippen LogP contribution is 2.23. The molecule has 0 fully saturated rings. The van der Waals surface area contributed by atoms with E-state index >= 15 is 0 Å². The van der Waals surface area contributed by atoms with Crippen LogP contribution in [0.25, 0.3) is 0 Å². The lowest BCUT2D eigenvalue weighted by Crippen LogP contribution is -2.19. The summed E-state index contributed by atoms with van der Waals surface area (Å²) in [6.07, 6.45) is -1.05. The van der Waals surface area contributed by atoms with Gasteiger partial charge < -0.3 is 4.74 Å². The van der Waals surface area contributed by atoms with Crippen molar-refractivity contribution < 1.29 is 22.8 Å². The molecule has 0 bridgehead atoms. The molecule has 0 saturated carbocycles. The Morgan fingerprint density at radius 3 is 2.53 bits per heavy atom. The monoisotopic (exact) mass is 223 g/mol. The summed E-state index contributed by atoms with van der Waals surface area (Å²) in [5, 5.41) is 10.4. The molecule has 1 rings (SSSR count). The number of alkyl halides is 3. The lowest BCUT2D eigenvalue weighted by molar-refractivity contribution is -0.425. The third-order valence-electron chi connectivity index (χ3n) is 1.67. The molecule has 0 aromatic rings. The predicted octanol–water partition coefficient (Wildman–Crippen LogP) is 2.40. The first kappa shape index (κ1) is 11.5. The summed E-state index contributed by atoms with van der Waals surface area (Å²) in [6, 6.07) is 0. The van der Waals surface area contributed by atoms with Crippen LogP contribution in [0.15, 0.2) is 23.6 Å². The van der Waals surface area contributed by atoms with Crippen LogP contribution in [0.5, 0.6) is 0 Å². The number of hydrogen-bond acceptors (Lipinski definition) is 3. The van der Waals surface area contributed by atoms with E-state index in [2.05, 4.69) is 4.74 Å². The van der Waals surface area contributed by atoms with Gasteiger partial charge in [-0.2, -0.15) is 13.2 Å². The van der Waals surface area contributed by atoms with Gasteiger partial charge in [-0.25, -0.2) is 0 Å². The maximum atomic E-state index is 11.8. The molecule has 1 aliphatic rings. The van der Waals surface area contributed by atoms with E-state index in [0.717, 1.165) is 0 Å². The van der Waals surface area contributed by atoms with Crippen LogP contribution in [-0.2, 0) is 4.74 Å². The van der Waals surface area contributed by atoms with Gasteiger partial charge in [0.15, 0.2) is 12.4 Å². The molecule has 0 atom stereocenters. The average Bonchev–Trinajstić information content (AvgIpc) is 2.14. The van der Waals surface area contributed by atoms with Crippen LogP contribution < -0.4 is 0 Å². The Morgan fingerprint density at radius 2 is 2.00 bits per heavy atom. The second-order valence-electron chi connectivity index (χ2n) is 2.90. The van der Waals surface area contributed by atoms with E-state index in [1.165, 1.54) is 12.2 Å². The van der Waals surface area contributed by atoms with Crippen molar-refractivity contribution in [1.82, 2.24) is 0 Å². The van der Waals surface area contributed by atoms with Gasteiger partial charge in [0.1, 0.15) is 0 Å². The van der Waals surface area contributed by atoms with Gasteiger partial charge in [-0.3, -0.25) is 10.1 Å². The maximum Gasteiger partial charge on any atom is 0.422 e. The molecule has 1 aliphatic carbocycles. The normalized spacial score (nSPS) is 16.7. The van der Waals surface area contributed by atoms with Gasteiger partial charge in [-0.15, -0.1) is 0 Å². The van der Waals surface area contributed by atoms with Crippen LogP contribution >= 0.6 is 0 Å². The van der Waals surface area contributed by atoms with Crippen molar-refractivity contribution in [3.05, 3.63) is 33.7 Å². The molecule has 0 spiro atoms. The maximum absolute atomic E-state index is 11.8. The van der Waals surface area contributed by atoms with Crippen molar-refractivity contribution in [3.8, 4) is 0 Å². The van der Waals surface area contributed by atoms with E-state index in [-0.39, 0.29) is 5.76 Å². The van der Waals surface area contributed by atoms with Crippen LogP contribution in [0.1, 0.15) is 12.8 Å². The highest BCUT2D eigenvalue weighted by atomic mass is 19.4. The van der Waals surface area contributed by atoms with Crippen molar-refractivity contribution in [2.75, 3.05) is 6.61 Å². The predicted molar refractivity (Wildman–Crippen MR) is 44.4 cm³/mol. The van der Waals surface area contributed by atoms with Crippen molar-refractivity contribution in [1.29, 1.82) is 0 Å². The standard InChI is InChI=1S/C8H8F3NO3/c9-8(10,11)5-15-7-4-2-1-3-6(7)12(13)14/h3-4H,1-2,5H2. The van der Waals surface area contributed by atoms with Crippen molar-refractivity contribution >= 4 is 0 Å². The van der Waals surface area contributed by atoms with Gasteiger partial charge in [-0.05, 0) is 25.0 Å². The lowest BCUT2D eigenvalue weighted by atomic mass is 10.1. The molecular formula is C8H8F3NO3. The zero-order valence-corrected chi connectivity index (χ0v) is 7.58. The molecule has 84 valence electrons. The number of ether oxygens (including phenoxy) is 1. The van der Waals surface area contributed by atoms with E-state index in [1.807, 2.05) is 0 Å². The fraction of sp³-hybridized carbons (Fsp3) is 0.500. The Bertz CT molecular complexity index is 320. The number of hydrogen-bond donors (Lipinski definition) is 0. The van der Waals surface area contributed by atoms with Crippen LogP contribution in [-0.4, -0.2) is 17.7 Å². The minimum absolute atomic E-state index is 0.302. The third kappa shape index (κ3) is 3.61. The second-order valence-corrected chi connectivity index (χ2v) is 2.90. The van der Waals surface area contributed by atoms with Crippen LogP contribution in [0.3, 0.4) is 0 Å². The molecule has 15 heavy (non-hydrogen) atoms. The molecule has 0 N–H and O–H groups in total. The molecule has 0 aromatic carbocycles. The van der Waals surface area contributed by atoms with E-state index in [1.54, 1.807) is 0 Å². The molecule has 0 heterocycles.